The topological polar surface area (TPSA) is 75.3 Å². The van der Waals surface area contributed by atoms with E-state index in [1.54, 1.807) is 0 Å². The van der Waals surface area contributed by atoms with Crippen LogP contribution in [0.25, 0.3) is 0 Å². The lowest BCUT2D eigenvalue weighted by atomic mass is 9.91. The minimum atomic E-state index is -0.747. The fraction of sp³-hybridized carbons (Fsp3) is 0.500. The van der Waals surface area contributed by atoms with Gasteiger partial charge in [-0.1, -0.05) is 30.3 Å². The van der Waals surface area contributed by atoms with Gasteiger partial charge in [-0.25, -0.2) is 0 Å². The van der Waals surface area contributed by atoms with Crippen LogP contribution in [0, 0.1) is 5.41 Å². The highest BCUT2D eigenvalue weighted by Gasteiger charge is 2.50. The Morgan fingerprint density at radius 2 is 2.06 bits per heavy atom. The predicted octanol–water partition coefficient (Wildman–Crippen LogP) is 0.749. The molecule has 0 heterocycles. The Hall–Kier alpha value is -1.39. The van der Waals surface area contributed by atoms with Crippen molar-refractivity contribution < 1.29 is 9.90 Å². The second-order valence-electron chi connectivity index (χ2n) is 5.29. The van der Waals surface area contributed by atoms with Gasteiger partial charge >= 0.3 is 0 Å². The van der Waals surface area contributed by atoms with Crippen molar-refractivity contribution in [2.75, 3.05) is 13.2 Å². The van der Waals surface area contributed by atoms with Gasteiger partial charge in [0.2, 0.25) is 5.91 Å². The van der Waals surface area contributed by atoms with E-state index in [0.29, 0.717) is 6.54 Å². The maximum Gasteiger partial charge on any atom is 0.228 e. The second kappa shape index (κ2) is 4.71. The number of amides is 1. The summed E-state index contributed by atoms with van der Waals surface area (Å²) < 4.78 is 0. The average Bonchev–Trinajstić information content (AvgIpc) is 3.20. The molecule has 1 aromatic rings. The Morgan fingerprint density at radius 1 is 1.44 bits per heavy atom. The monoisotopic (exact) mass is 248 g/mol. The van der Waals surface area contributed by atoms with E-state index in [1.807, 2.05) is 37.3 Å². The van der Waals surface area contributed by atoms with Crippen molar-refractivity contribution in [3.05, 3.63) is 35.9 Å². The molecule has 0 bridgehead atoms. The molecular weight excluding hydrogens is 228 g/mol. The van der Waals surface area contributed by atoms with Crippen LogP contribution in [0.2, 0.25) is 0 Å². The molecule has 1 unspecified atom stereocenters. The van der Waals surface area contributed by atoms with Crippen LogP contribution >= 0.6 is 0 Å². The van der Waals surface area contributed by atoms with Crippen LogP contribution in [-0.2, 0) is 10.3 Å². The smallest absolute Gasteiger partial charge is 0.228 e. The van der Waals surface area contributed by atoms with Crippen LogP contribution in [0.1, 0.15) is 25.3 Å². The van der Waals surface area contributed by atoms with E-state index >= 15 is 0 Å². The summed E-state index contributed by atoms with van der Waals surface area (Å²) in [7, 11) is 0. The summed E-state index contributed by atoms with van der Waals surface area (Å²) >= 11 is 0. The molecule has 0 spiro atoms. The van der Waals surface area contributed by atoms with Crippen molar-refractivity contribution >= 4 is 5.91 Å². The molecule has 1 aliphatic carbocycles. The first-order valence-electron chi connectivity index (χ1n) is 6.25. The quantitative estimate of drug-likeness (QED) is 0.719. The lowest BCUT2D eigenvalue weighted by Crippen LogP contribution is -2.50. The van der Waals surface area contributed by atoms with Crippen LogP contribution < -0.4 is 11.1 Å². The summed E-state index contributed by atoms with van der Waals surface area (Å²) in [5.74, 6) is -0.0506. The third-order valence-corrected chi connectivity index (χ3v) is 3.84. The molecule has 1 atom stereocenters. The third-order valence-electron chi connectivity index (χ3n) is 3.84. The first kappa shape index (κ1) is 13.1. The first-order chi connectivity index (χ1) is 8.56. The molecule has 4 N–H and O–H groups in total. The van der Waals surface area contributed by atoms with Crippen molar-refractivity contribution in [2.45, 2.75) is 25.3 Å². The zero-order valence-corrected chi connectivity index (χ0v) is 10.6. The lowest BCUT2D eigenvalue weighted by molar-refractivity contribution is -0.128. The fourth-order valence-corrected chi connectivity index (χ4v) is 2.07. The summed E-state index contributed by atoms with van der Waals surface area (Å²) in [5.41, 5.74) is 5.40. The van der Waals surface area contributed by atoms with Gasteiger partial charge in [0.15, 0.2) is 0 Å². The van der Waals surface area contributed by atoms with Crippen molar-refractivity contribution in [2.24, 2.45) is 11.1 Å². The molecule has 0 aliphatic heterocycles. The molecular formula is C14H20N2O2. The molecule has 1 fully saturated rings. The van der Waals surface area contributed by atoms with Gasteiger partial charge in [0.25, 0.3) is 0 Å². The van der Waals surface area contributed by atoms with E-state index in [9.17, 15) is 9.90 Å². The maximum absolute atomic E-state index is 12.2. The number of benzene rings is 1. The van der Waals surface area contributed by atoms with Crippen LogP contribution in [0.3, 0.4) is 0 Å². The Bertz CT molecular complexity index is 429. The predicted molar refractivity (Wildman–Crippen MR) is 69.7 cm³/mol. The molecule has 2 rings (SSSR count). The van der Waals surface area contributed by atoms with Crippen molar-refractivity contribution in [3.8, 4) is 0 Å². The highest BCUT2D eigenvalue weighted by molar-refractivity contribution is 5.86. The number of rotatable bonds is 5. The Kier molecular flexibility index (Phi) is 3.41. The van der Waals surface area contributed by atoms with E-state index in [0.717, 1.165) is 18.4 Å². The second-order valence-corrected chi connectivity index (χ2v) is 5.29. The van der Waals surface area contributed by atoms with Gasteiger partial charge in [-0.2, -0.15) is 0 Å². The molecule has 98 valence electrons. The Morgan fingerprint density at radius 3 is 2.50 bits per heavy atom. The SMILES string of the molecule is CC(CO)(NC(=O)C1(CN)CC1)c1ccccc1. The summed E-state index contributed by atoms with van der Waals surface area (Å²) in [6.07, 6.45) is 1.68. The zero-order chi connectivity index (χ0) is 13.2. The van der Waals surface area contributed by atoms with Crippen LogP contribution in [0.4, 0.5) is 0 Å². The molecule has 0 saturated heterocycles. The van der Waals surface area contributed by atoms with Gasteiger partial charge in [0.1, 0.15) is 0 Å². The van der Waals surface area contributed by atoms with Crippen LogP contribution in [-0.4, -0.2) is 24.2 Å². The number of hydrogen-bond acceptors (Lipinski definition) is 3. The van der Waals surface area contributed by atoms with Gasteiger partial charge in [-0.3, -0.25) is 4.79 Å². The van der Waals surface area contributed by atoms with E-state index in [2.05, 4.69) is 5.32 Å². The largest absolute Gasteiger partial charge is 0.394 e. The lowest BCUT2D eigenvalue weighted by Gasteiger charge is -2.31. The molecule has 18 heavy (non-hydrogen) atoms. The van der Waals surface area contributed by atoms with Crippen LogP contribution in [0.15, 0.2) is 30.3 Å². The summed E-state index contributed by atoms with van der Waals surface area (Å²) in [6.45, 7) is 2.06. The molecule has 4 heteroatoms. The number of carbonyl (C=O) groups is 1. The van der Waals surface area contributed by atoms with Gasteiger partial charge in [-0.05, 0) is 25.3 Å². The van der Waals surface area contributed by atoms with Crippen molar-refractivity contribution in [3.63, 3.8) is 0 Å². The number of aliphatic hydroxyl groups is 1. The van der Waals surface area contributed by atoms with Gasteiger partial charge in [0.05, 0.1) is 17.6 Å². The van der Waals surface area contributed by atoms with Gasteiger partial charge in [0, 0.05) is 6.54 Å². The normalized spacial score (nSPS) is 19.9. The molecule has 0 radical (unpaired) electrons. The van der Waals surface area contributed by atoms with E-state index in [-0.39, 0.29) is 12.5 Å². The molecule has 0 aromatic heterocycles. The minimum Gasteiger partial charge on any atom is -0.394 e. The summed E-state index contributed by atoms with van der Waals surface area (Å²) in [6, 6.07) is 9.50. The Labute approximate surface area is 107 Å². The number of hydrogen-bond donors (Lipinski definition) is 3. The molecule has 1 amide bonds. The van der Waals surface area contributed by atoms with Gasteiger partial charge in [-0.15, -0.1) is 0 Å². The minimum absolute atomic E-state index is 0.0506. The maximum atomic E-state index is 12.2. The van der Waals surface area contributed by atoms with Crippen molar-refractivity contribution in [1.82, 2.24) is 5.32 Å². The Balaban J connectivity index is 2.16. The van der Waals surface area contributed by atoms with E-state index in [4.69, 9.17) is 5.73 Å². The van der Waals surface area contributed by atoms with Gasteiger partial charge < -0.3 is 16.2 Å². The third kappa shape index (κ3) is 2.26. The molecule has 1 aromatic carbocycles. The fourth-order valence-electron chi connectivity index (χ4n) is 2.07. The number of carbonyl (C=O) groups excluding carboxylic acids is 1. The summed E-state index contributed by atoms with van der Waals surface area (Å²) in [4.78, 5) is 12.2. The zero-order valence-electron chi connectivity index (χ0n) is 10.6. The highest BCUT2D eigenvalue weighted by atomic mass is 16.3. The van der Waals surface area contributed by atoms with Crippen molar-refractivity contribution in [1.29, 1.82) is 0 Å². The first-order valence-corrected chi connectivity index (χ1v) is 6.25. The van der Waals surface area contributed by atoms with E-state index in [1.165, 1.54) is 0 Å². The highest BCUT2D eigenvalue weighted by Crippen LogP contribution is 2.45. The van der Waals surface area contributed by atoms with E-state index < -0.39 is 11.0 Å². The standard InChI is InChI=1S/C14H20N2O2/c1-13(10-17,11-5-3-2-4-6-11)16-12(18)14(9-15)7-8-14/h2-6,17H,7-10,15H2,1H3,(H,16,18). The summed E-state index contributed by atoms with van der Waals surface area (Å²) in [5, 5.41) is 12.5. The average molecular weight is 248 g/mol. The number of nitrogens with one attached hydrogen (secondary N) is 1. The number of nitrogens with two attached hydrogens (primary N) is 1. The molecule has 1 aliphatic rings. The molecule has 4 nitrogen and oxygen atoms in total. The molecule has 1 saturated carbocycles. The number of aliphatic hydroxyl groups excluding tert-OH is 1. The van der Waals surface area contributed by atoms with Crippen LogP contribution in [0.5, 0.6) is 0 Å².